The van der Waals surface area contributed by atoms with E-state index in [1.165, 1.54) is 28.7 Å². The Bertz CT molecular complexity index is 568. The molecule has 0 spiro atoms. The molecule has 0 amide bonds. The van der Waals surface area contributed by atoms with E-state index >= 15 is 0 Å². The zero-order valence-corrected chi connectivity index (χ0v) is 12.3. The summed E-state index contributed by atoms with van der Waals surface area (Å²) in [5.74, 6) is 1.33. The van der Waals surface area contributed by atoms with E-state index in [1.54, 1.807) is 0 Å². The van der Waals surface area contributed by atoms with Crippen molar-refractivity contribution >= 4 is 0 Å². The van der Waals surface area contributed by atoms with Crippen molar-refractivity contribution < 1.29 is 0 Å². The van der Waals surface area contributed by atoms with E-state index in [2.05, 4.69) is 62.4 Å². The molecule has 3 rings (SSSR count). The van der Waals surface area contributed by atoms with Gasteiger partial charge in [-0.3, -0.25) is 0 Å². The maximum atomic E-state index is 6.48. The van der Waals surface area contributed by atoms with Crippen LogP contribution in [0.15, 0.2) is 48.5 Å². The van der Waals surface area contributed by atoms with Crippen LogP contribution < -0.4 is 5.73 Å². The second kappa shape index (κ2) is 5.41. The lowest BCUT2D eigenvalue weighted by Gasteiger charge is -2.16. The Morgan fingerprint density at radius 1 is 1.00 bits per heavy atom. The van der Waals surface area contributed by atoms with Gasteiger partial charge in [0, 0.05) is 6.04 Å². The lowest BCUT2D eigenvalue weighted by atomic mass is 9.94. The fourth-order valence-electron chi connectivity index (χ4n) is 3.33. The first-order valence-corrected chi connectivity index (χ1v) is 7.52. The summed E-state index contributed by atoms with van der Waals surface area (Å²) in [5, 5.41) is 0. The number of benzene rings is 2. The second-order valence-electron chi connectivity index (χ2n) is 6.16. The van der Waals surface area contributed by atoms with Crippen molar-refractivity contribution in [2.24, 2.45) is 11.7 Å². The predicted molar refractivity (Wildman–Crippen MR) is 84.9 cm³/mol. The van der Waals surface area contributed by atoms with Crippen molar-refractivity contribution in [1.29, 1.82) is 0 Å². The third-order valence-corrected chi connectivity index (χ3v) is 4.70. The highest BCUT2D eigenvalue weighted by molar-refractivity contribution is 5.35. The molecule has 0 radical (unpaired) electrons. The number of hydrogen-bond acceptors (Lipinski definition) is 1. The first kappa shape index (κ1) is 13.4. The highest BCUT2D eigenvalue weighted by Crippen LogP contribution is 2.49. The Labute approximate surface area is 121 Å². The van der Waals surface area contributed by atoms with Gasteiger partial charge in [-0.25, -0.2) is 0 Å². The normalized spacial score (nSPS) is 22.6. The maximum Gasteiger partial charge on any atom is 0.0114 e. The van der Waals surface area contributed by atoms with Crippen molar-refractivity contribution in [2.45, 2.75) is 38.6 Å². The summed E-state index contributed by atoms with van der Waals surface area (Å²) in [6, 6.07) is 17.6. The molecule has 0 saturated heterocycles. The lowest BCUT2D eigenvalue weighted by Crippen LogP contribution is -2.26. The lowest BCUT2D eigenvalue weighted by molar-refractivity contribution is 0.575. The van der Waals surface area contributed by atoms with E-state index in [-0.39, 0.29) is 6.04 Å². The van der Waals surface area contributed by atoms with Crippen LogP contribution in [0.5, 0.6) is 0 Å². The quantitative estimate of drug-likeness (QED) is 0.889. The van der Waals surface area contributed by atoms with Crippen LogP contribution in [-0.2, 0) is 6.42 Å². The molecular weight excluding hydrogens is 242 g/mol. The van der Waals surface area contributed by atoms with Gasteiger partial charge in [-0.15, -0.1) is 0 Å². The summed E-state index contributed by atoms with van der Waals surface area (Å²) in [6.45, 7) is 4.38. The predicted octanol–water partition coefficient (Wildman–Crippen LogP) is 3.98. The molecule has 1 fully saturated rings. The Balaban J connectivity index is 1.68. The van der Waals surface area contributed by atoms with Gasteiger partial charge in [0.1, 0.15) is 0 Å². The largest absolute Gasteiger partial charge is 0.327 e. The first-order chi connectivity index (χ1) is 9.66. The molecule has 1 aliphatic rings. The molecule has 104 valence electrons. The van der Waals surface area contributed by atoms with Gasteiger partial charge in [0.15, 0.2) is 0 Å². The molecule has 3 atom stereocenters. The third-order valence-electron chi connectivity index (χ3n) is 4.70. The summed E-state index contributed by atoms with van der Waals surface area (Å²) in [4.78, 5) is 0. The third kappa shape index (κ3) is 2.64. The fraction of sp³-hybridized carbons (Fsp3) is 0.368. The second-order valence-corrected chi connectivity index (χ2v) is 6.16. The Kier molecular flexibility index (Phi) is 3.62. The average molecular weight is 265 g/mol. The molecule has 0 aliphatic heterocycles. The number of nitrogens with two attached hydrogens (primary N) is 1. The highest BCUT2D eigenvalue weighted by Gasteiger charge is 2.42. The minimum absolute atomic E-state index is 0.278. The summed E-state index contributed by atoms with van der Waals surface area (Å²) < 4.78 is 0. The van der Waals surface area contributed by atoms with Crippen molar-refractivity contribution in [2.75, 3.05) is 0 Å². The van der Waals surface area contributed by atoms with E-state index in [0.717, 1.165) is 6.42 Å². The number of aryl methyl sites for hydroxylation is 2. The summed E-state index contributed by atoms with van der Waals surface area (Å²) in [7, 11) is 0. The zero-order valence-electron chi connectivity index (χ0n) is 12.3. The standard InChI is InChI=1S/C19H23N/c1-13-7-6-8-14(2)16(13)12-19(20)18-11-17(18)15-9-4-3-5-10-15/h3-10,17-19H,11-12,20H2,1-2H3. The molecular formula is C19H23N. The molecule has 0 aromatic heterocycles. The van der Waals surface area contributed by atoms with Crippen LogP contribution in [-0.4, -0.2) is 6.04 Å². The molecule has 2 aromatic rings. The van der Waals surface area contributed by atoms with E-state index in [9.17, 15) is 0 Å². The van der Waals surface area contributed by atoms with Crippen LogP contribution in [0.4, 0.5) is 0 Å². The van der Waals surface area contributed by atoms with Gasteiger partial charge >= 0.3 is 0 Å². The fourth-order valence-corrected chi connectivity index (χ4v) is 3.33. The van der Waals surface area contributed by atoms with Gasteiger partial charge in [0.05, 0.1) is 0 Å². The molecule has 3 unspecified atom stereocenters. The van der Waals surface area contributed by atoms with E-state index < -0.39 is 0 Å². The first-order valence-electron chi connectivity index (χ1n) is 7.52. The van der Waals surface area contributed by atoms with Gasteiger partial charge in [0.25, 0.3) is 0 Å². The molecule has 1 saturated carbocycles. The Hall–Kier alpha value is -1.60. The van der Waals surface area contributed by atoms with Crippen LogP contribution in [0.3, 0.4) is 0 Å². The molecule has 1 nitrogen and oxygen atoms in total. The van der Waals surface area contributed by atoms with E-state index in [4.69, 9.17) is 5.73 Å². The molecule has 1 heteroatoms. The molecule has 0 bridgehead atoms. The number of rotatable bonds is 4. The summed E-state index contributed by atoms with van der Waals surface area (Å²) in [5.41, 5.74) is 12.1. The SMILES string of the molecule is Cc1cccc(C)c1CC(N)C1CC1c1ccccc1. The van der Waals surface area contributed by atoms with Gasteiger partial charge in [0.2, 0.25) is 0 Å². The minimum atomic E-state index is 0.278. The van der Waals surface area contributed by atoms with Gasteiger partial charge in [-0.05, 0) is 60.8 Å². The molecule has 20 heavy (non-hydrogen) atoms. The maximum absolute atomic E-state index is 6.48. The highest BCUT2D eigenvalue weighted by atomic mass is 14.7. The van der Waals surface area contributed by atoms with E-state index in [0.29, 0.717) is 11.8 Å². The number of hydrogen-bond donors (Lipinski definition) is 1. The topological polar surface area (TPSA) is 26.0 Å². The van der Waals surface area contributed by atoms with Crippen molar-refractivity contribution in [1.82, 2.24) is 0 Å². The van der Waals surface area contributed by atoms with Crippen LogP contribution in [0.25, 0.3) is 0 Å². The average Bonchev–Trinajstić information content (AvgIpc) is 3.24. The van der Waals surface area contributed by atoms with Gasteiger partial charge < -0.3 is 5.73 Å². The zero-order chi connectivity index (χ0) is 14.1. The smallest absolute Gasteiger partial charge is 0.0114 e. The van der Waals surface area contributed by atoms with E-state index in [1.807, 2.05) is 0 Å². The van der Waals surface area contributed by atoms with Gasteiger partial charge in [-0.1, -0.05) is 48.5 Å². The molecule has 0 heterocycles. The van der Waals surface area contributed by atoms with Crippen molar-refractivity contribution in [3.05, 3.63) is 70.8 Å². The molecule has 2 N–H and O–H groups in total. The Morgan fingerprint density at radius 2 is 1.65 bits per heavy atom. The van der Waals surface area contributed by atoms with Crippen molar-refractivity contribution in [3.63, 3.8) is 0 Å². The van der Waals surface area contributed by atoms with Crippen LogP contribution in [0.2, 0.25) is 0 Å². The monoisotopic (exact) mass is 265 g/mol. The summed E-state index contributed by atoms with van der Waals surface area (Å²) >= 11 is 0. The molecule has 1 aliphatic carbocycles. The molecule has 2 aromatic carbocycles. The summed E-state index contributed by atoms with van der Waals surface area (Å²) in [6.07, 6.45) is 2.25. The Morgan fingerprint density at radius 3 is 2.30 bits per heavy atom. The van der Waals surface area contributed by atoms with Gasteiger partial charge in [-0.2, -0.15) is 0 Å². The van der Waals surface area contributed by atoms with Crippen LogP contribution in [0.1, 0.15) is 34.6 Å². The minimum Gasteiger partial charge on any atom is -0.327 e. The van der Waals surface area contributed by atoms with Crippen LogP contribution >= 0.6 is 0 Å². The van der Waals surface area contributed by atoms with Crippen LogP contribution in [0, 0.1) is 19.8 Å². The van der Waals surface area contributed by atoms with Crippen molar-refractivity contribution in [3.8, 4) is 0 Å².